The highest BCUT2D eigenvalue weighted by Crippen LogP contribution is 2.16. The molecule has 0 bridgehead atoms. The van der Waals surface area contributed by atoms with Crippen LogP contribution in [0.15, 0.2) is 42.5 Å². The number of rotatable bonds is 4. The second kappa shape index (κ2) is 5.92. The van der Waals surface area contributed by atoms with Gasteiger partial charge < -0.3 is 10.5 Å². The van der Waals surface area contributed by atoms with Crippen LogP contribution >= 0.6 is 0 Å². The van der Waals surface area contributed by atoms with Crippen molar-refractivity contribution in [3.63, 3.8) is 0 Å². The van der Waals surface area contributed by atoms with E-state index in [-0.39, 0.29) is 11.3 Å². The van der Waals surface area contributed by atoms with E-state index < -0.39 is 11.7 Å². The van der Waals surface area contributed by atoms with Crippen LogP contribution in [0.5, 0.6) is 5.75 Å². The number of nitrogen functional groups attached to an aromatic ring is 1. The molecule has 0 radical (unpaired) electrons. The van der Waals surface area contributed by atoms with Crippen LogP contribution in [0, 0.1) is 5.82 Å². The number of amides is 1. The van der Waals surface area contributed by atoms with Gasteiger partial charge in [0.2, 0.25) is 0 Å². The molecule has 0 saturated heterocycles. The molecule has 104 valence electrons. The summed E-state index contributed by atoms with van der Waals surface area (Å²) in [7, 11) is 1.56. The Morgan fingerprint density at radius 3 is 2.50 bits per heavy atom. The standard InChI is InChI=1S/C14H14FN3O2/c1-20-10-7-5-9(6-8-10)17-18-14(19)13-11(15)3-2-4-12(13)16/h2-8,17H,16H2,1H3,(H,18,19). The average Bonchev–Trinajstić information content (AvgIpc) is 2.45. The van der Waals surface area contributed by atoms with Gasteiger partial charge in [0.1, 0.15) is 11.6 Å². The van der Waals surface area contributed by atoms with Gasteiger partial charge >= 0.3 is 0 Å². The molecule has 1 amide bonds. The molecule has 0 heterocycles. The van der Waals surface area contributed by atoms with Gasteiger partial charge in [-0.1, -0.05) is 6.07 Å². The Morgan fingerprint density at radius 1 is 1.20 bits per heavy atom. The van der Waals surface area contributed by atoms with Crippen molar-refractivity contribution in [2.75, 3.05) is 18.3 Å². The van der Waals surface area contributed by atoms with E-state index in [1.165, 1.54) is 18.2 Å². The molecule has 20 heavy (non-hydrogen) atoms. The highest BCUT2D eigenvalue weighted by molar-refractivity contribution is 5.99. The minimum Gasteiger partial charge on any atom is -0.497 e. The van der Waals surface area contributed by atoms with E-state index in [0.717, 1.165) is 0 Å². The molecular weight excluding hydrogens is 261 g/mol. The van der Waals surface area contributed by atoms with Crippen molar-refractivity contribution in [3.8, 4) is 5.75 Å². The van der Waals surface area contributed by atoms with Gasteiger partial charge in [-0.15, -0.1) is 0 Å². The maximum absolute atomic E-state index is 13.5. The summed E-state index contributed by atoms with van der Waals surface area (Å²) in [5.74, 6) is -0.615. The first kappa shape index (κ1) is 13.7. The second-order valence-corrected chi connectivity index (χ2v) is 4.01. The monoisotopic (exact) mass is 275 g/mol. The summed E-state index contributed by atoms with van der Waals surface area (Å²) in [6.07, 6.45) is 0. The van der Waals surface area contributed by atoms with Crippen molar-refractivity contribution in [1.29, 1.82) is 0 Å². The number of carbonyl (C=O) groups excluding carboxylic acids is 1. The molecule has 0 aliphatic carbocycles. The van der Waals surface area contributed by atoms with Gasteiger partial charge in [-0.3, -0.25) is 15.6 Å². The SMILES string of the molecule is COc1ccc(NNC(=O)c2c(N)cccc2F)cc1. The Labute approximate surface area is 115 Å². The predicted molar refractivity (Wildman–Crippen MR) is 74.9 cm³/mol. The van der Waals surface area contributed by atoms with Gasteiger partial charge in [-0.2, -0.15) is 0 Å². The number of nitrogens with two attached hydrogens (primary N) is 1. The number of hydrazine groups is 1. The van der Waals surface area contributed by atoms with E-state index in [1.54, 1.807) is 31.4 Å². The molecule has 0 saturated carbocycles. The summed E-state index contributed by atoms with van der Waals surface area (Å²) in [5, 5.41) is 0. The Kier molecular flexibility index (Phi) is 4.05. The summed E-state index contributed by atoms with van der Waals surface area (Å²) in [5.41, 5.74) is 11.2. The van der Waals surface area contributed by atoms with Crippen LogP contribution in [-0.2, 0) is 0 Å². The van der Waals surface area contributed by atoms with Crippen LogP contribution in [0.2, 0.25) is 0 Å². The zero-order valence-corrected chi connectivity index (χ0v) is 10.8. The maximum atomic E-state index is 13.5. The number of hydrogen-bond donors (Lipinski definition) is 3. The third kappa shape index (κ3) is 2.97. The molecule has 2 rings (SSSR count). The van der Waals surface area contributed by atoms with Crippen LogP contribution in [0.25, 0.3) is 0 Å². The van der Waals surface area contributed by atoms with E-state index in [9.17, 15) is 9.18 Å². The van der Waals surface area contributed by atoms with E-state index in [2.05, 4.69) is 10.9 Å². The largest absolute Gasteiger partial charge is 0.497 e. The van der Waals surface area contributed by atoms with Crippen molar-refractivity contribution in [2.24, 2.45) is 0 Å². The third-order valence-corrected chi connectivity index (χ3v) is 2.68. The topological polar surface area (TPSA) is 76.4 Å². The van der Waals surface area contributed by atoms with Gasteiger partial charge in [0.05, 0.1) is 18.4 Å². The molecule has 2 aromatic carbocycles. The summed E-state index contributed by atoms with van der Waals surface area (Å²) in [6, 6.07) is 11.0. The number of hydrogen-bond acceptors (Lipinski definition) is 4. The molecule has 0 fully saturated rings. The van der Waals surface area contributed by atoms with Gasteiger partial charge in [0.25, 0.3) is 5.91 Å². The lowest BCUT2D eigenvalue weighted by Crippen LogP contribution is -2.30. The second-order valence-electron chi connectivity index (χ2n) is 4.01. The molecule has 0 unspecified atom stereocenters. The minimum atomic E-state index is -0.668. The molecule has 6 heteroatoms. The summed E-state index contributed by atoms with van der Waals surface area (Å²) >= 11 is 0. The lowest BCUT2D eigenvalue weighted by Gasteiger charge is -2.11. The number of halogens is 1. The molecule has 0 aliphatic heterocycles. The van der Waals surface area contributed by atoms with Gasteiger partial charge in [-0.25, -0.2) is 4.39 Å². The Morgan fingerprint density at radius 2 is 1.90 bits per heavy atom. The van der Waals surface area contributed by atoms with Crippen molar-refractivity contribution >= 4 is 17.3 Å². The summed E-state index contributed by atoms with van der Waals surface area (Å²) in [6.45, 7) is 0. The summed E-state index contributed by atoms with van der Waals surface area (Å²) in [4.78, 5) is 11.9. The number of methoxy groups -OCH3 is 1. The first-order valence-electron chi connectivity index (χ1n) is 5.86. The minimum absolute atomic E-state index is 0.0824. The van der Waals surface area contributed by atoms with Crippen molar-refractivity contribution in [1.82, 2.24) is 5.43 Å². The highest BCUT2D eigenvalue weighted by Gasteiger charge is 2.14. The lowest BCUT2D eigenvalue weighted by atomic mass is 10.1. The number of ether oxygens (including phenoxy) is 1. The van der Waals surface area contributed by atoms with Crippen LogP contribution in [0.3, 0.4) is 0 Å². The van der Waals surface area contributed by atoms with E-state index in [0.29, 0.717) is 11.4 Å². The lowest BCUT2D eigenvalue weighted by molar-refractivity contribution is 0.0959. The first-order chi connectivity index (χ1) is 9.61. The van der Waals surface area contributed by atoms with Crippen molar-refractivity contribution in [3.05, 3.63) is 53.8 Å². The average molecular weight is 275 g/mol. The van der Waals surface area contributed by atoms with E-state index in [1.807, 2.05) is 0 Å². The number of benzene rings is 2. The molecule has 0 aliphatic rings. The normalized spacial score (nSPS) is 9.90. The third-order valence-electron chi connectivity index (χ3n) is 2.68. The Hall–Kier alpha value is -2.76. The number of carbonyl (C=O) groups is 1. The van der Waals surface area contributed by atoms with Gasteiger partial charge in [0.15, 0.2) is 0 Å². The first-order valence-corrected chi connectivity index (χ1v) is 5.86. The van der Waals surface area contributed by atoms with Crippen molar-refractivity contribution < 1.29 is 13.9 Å². The van der Waals surface area contributed by atoms with Crippen LogP contribution < -0.4 is 21.3 Å². The van der Waals surface area contributed by atoms with Gasteiger partial charge in [0, 0.05) is 5.69 Å². The fourth-order valence-corrected chi connectivity index (χ4v) is 1.65. The quantitative estimate of drug-likeness (QED) is 0.590. The molecule has 5 nitrogen and oxygen atoms in total. The Bertz CT molecular complexity index is 594. The smallest absolute Gasteiger partial charge is 0.274 e. The molecular formula is C14H14FN3O2. The van der Waals surface area contributed by atoms with E-state index >= 15 is 0 Å². The molecule has 0 spiro atoms. The highest BCUT2D eigenvalue weighted by atomic mass is 19.1. The predicted octanol–water partition coefficient (Wildman–Crippen LogP) is 2.17. The number of anilines is 2. The molecule has 4 N–H and O–H groups in total. The van der Waals surface area contributed by atoms with Crippen LogP contribution in [0.1, 0.15) is 10.4 Å². The maximum Gasteiger partial charge on any atom is 0.274 e. The zero-order chi connectivity index (χ0) is 14.5. The number of nitrogens with one attached hydrogen (secondary N) is 2. The van der Waals surface area contributed by atoms with Crippen LogP contribution in [-0.4, -0.2) is 13.0 Å². The summed E-state index contributed by atoms with van der Waals surface area (Å²) < 4.78 is 18.6. The van der Waals surface area contributed by atoms with Crippen LogP contribution in [0.4, 0.5) is 15.8 Å². The van der Waals surface area contributed by atoms with Gasteiger partial charge in [-0.05, 0) is 36.4 Å². The molecule has 2 aromatic rings. The zero-order valence-electron chi connectivity index (χ0n) is 10.8. The van der Waals surface area contributed by atoms with E-state index in [4.69, 9.17) is 10.5 Å². The molecule has 0 aromatic heterocycles. The fourth-order valence-electron chi connectivity index (χ4n) is 1.65. The van der Waals surface area contributed by atoms with Crippen molar-refractivity contribution in [2.45, 2.75) is 0 Å². The molecule has 0 atom stereocenters. The Balaban J connectivity index is 2.05. The fraction of sp³-hybridized carbons (Fsp3) is 0.0714.